The Balaban J connectivity index is 2.27. The van der Waals surface area contributed by atoms with E-state index in [1.807, 2.05) is 6.07 Å². The minimum atomic E-state index is 0.605. The molecule has 1 aromatic heterocycles. The summed E-state index contributed by atoms with van der Waals surface area (Å²) in [6.45, 7) is 5.48. The number of pyridine rings is 1. The molecule has 0 spiro atoms. The fourth-order valence-corrected chi connectivity index (χ4v) is 2.30. The molecule has 1 aliphatic rings. The van der Waals surface area contributed by atoms with Gasteiger partial charge in [0.1, 0.15) is 5.82 Å². The summed E-state index contributed by atoms with van der Waals surface area (Å²) < 4.78 is 0. The van der Waals surface area contributed by atoms with Crippen LogP contribution >= 0.6 is 0 Å². The Bertz CT molecular complexity index is 349. The van der Waals surface area contributed by atoms with E-state index in [-0.39, 0.29) is 0 Å². The molecule has 1 fully saturated rings. The van der Waals surface area contributed by atoms with Crippen molar-refractivity contribution in [3.05, 3.63) is 17.8 Å². The standard InChI is InChI=1S/C12H19N3/c1-9-7-11(13)8-14-12(9)15-6-4-3-5-10(15)2/h7-8,10H,3-6,13H2,1-2H3/t10-/m0/s1. The highest BCUT2D eigenvalue weighted by Crippen LogP contribution is 2.26. The summed E-state index contributed by atoms with van der Waals surface area (Å²) in [4.78, 5) is 6.85. The van der Waals surface area contributed by atoms with Gasteiger partial charge in [-0.25, -0.2) is 4.98 Å². The zero-order chi connectivity index (χ0) is 10.8. The maximum atomic E-state index is 5.71. The SMILES string of the molecule is Cc1cc(N)cnc1N1CCCC[C@@H]1C. The molecule has 0 aliphatic carbocycles. The number of hydrogen-bond acceptors (Lipinski definition) is 3. The monoisotopic (exact) mass is 205 g/mol. The summed E-state index contributed by atoms with van der Waals surface area (Å²) in [5, 5.41) is 0. The van der Waals surface area contributed by atoms with E-state index in [1.54, 1.807) is 6.20 Å². The summed E-state index contributed by atoms with van der Waals surface area (Å²) in [5.41, 5.74) is 7.65. The molecule has 0 aromatic carbocycles. The van der Waals surface area contributed by atoms with Gasteiger partial charge in [0.05, 0.1) is 11.9 Å². The van der Waals surface area contributed by atoms with Gasteiger partial charge in [0.2, 0.25) is 0 Å². The smallest absolute Gasteiger partial charge is 0.131 e. The van der Waals surface area contributed by atoms with Crippen LogP contribution in [0.4, 0.5) is 11.5 Å². The number of piperidine rings is 1. The molecule has 1 aliphatic heterocycles. The molecule has 15 heavy (non-hydrogen) atoms. The van der Waals surface area contributed by atoms with E-state index in [0.29, 0.717) is 6.04 Å². The largest absolute Gasteiger partial charge is 0.397 e. The molecule has 1 aromatic rings. The minimum Gasteiger partial charge on any atom is -0.397 e. The van der Waals surface area contributed by atoms with Crippen LogP contribution in [0, 0.1) is 6.92 Å². The van der Waals surface area contributed by atoms with Gasteiger partial charge in [-0.05, 0) is 44.7 Å². The van der Waals surface area contributed by atoms with E-state index in [0.717, 1.165) is 18.1 Å². The maximum Gasteiger partial charge on any atom is 0.131 e. The van der Waals surface area contributed by atoms with E-state index >= 15 is 0 Å². The average Bonchev–Trinajstić information content (AvgIpc) is 2.20. The molecule has 1 saturated heterocycles. The predicted molar refractivity (Wildman–Crippen MR) is 64.0 cm³/mol. The lowest BCUT2D eigenvalue weighted by molar-refractivity contribution is 0.480. The van der Waals surface area contributed by atoms with E-state index in [4.69, 9.17) is 5.73 Å². The second kappa shape index (κ2) is 4.09. The van der Waals surface area contributed by atoms with Crippen molar-refractivity contribution in [2.45, 2.75) is 39.2 Å². The van der Waals surface area contributed by atoms with Crippen molar-refractivity contribution in [1.82, 2.24) is 4.98 Å². The first kappa shape index (κ1) is 10.3. The van der Waals surface area contributed by atoms with E-state index in [9.17, 15) is 0 Å². The topological polar surface area (TPSA) is 42.1 Å². The lowest BCUT2D eigenvalue weighted by Gasteiger charge is -2.35. The number of nitrogen functional groups attached to an aromatic ring is 1. The van der Waals surface area contributed by atoms with Crippen molar-refractivity contribution >= 4 is 11.5 Å². The second-order valence-electron chi connectivity index (χ2n) is 4.45. The number of nitrogens with zero attached hydrogens (tertiary/aromatic N) is 2. The number of rotatable bonds is 1. The average molecular weight is 205 g/mol. The van der Waals surface area contributed by atoms with Crippen LogP contribution in [0.5, 0.6) is 0 Å². The van der Waals surface area contributed by atoms with E-state index in [1.165, 1.54) is 24.8 Å². The molecule has 1 atom stereocenters. The molecular formula is C12H19N3. The highest BCUT2D eigenvalue weighted by molar-refractivity contribution is 5.53. The van der Waals surface area contributed by atoms with Crippen molar-refractivity contribution in [2.24, 2.45) is 0 Å². The third-order valence-electron chi connectivity index (χ3n) is 3.15. The number of aromatic nitrogens is 1. The van der Waals surface area contributed by atoms with Crippen molar-refractivity contribution in [2.75, 3.05) is 17.2 Å². The number of anilines is 2. The van der Waals surface area contributed by atoms with E-state index < -0.39 is 0 Å². The molecule has 3 heteroatoms. The van der Waals surface area contributed by atoms with Crippen molar-refractivity contribution in [1.29, 1.82) is 0 Å². The Morgan fingerprint density at radius 1 is 1.47 bits per heavy atom. The first-order chi connectivity index (χ1) is 7.18. The van der Waals surface area contributed by atoms with Gasteiger partial charge < -0.3 is 10.6 Å². The quantitative estimate of drug-likeness (QED) is 0.765. The summed E-state index contributed by atoms with van der Waals surface area (Å²) in [6, 6.07) is 2.61. The summed E-state index contributed by atoms with van der Waals surface area (Å²) in [6.07, 6.45) is 5.64. The van der Waals surface area contributed by atoms with Crippen LogP contribution in [0.3, 0.4) is 0 Å². The first-order valence-electron chi connectivity index (χ1n) is 5.67. The Morgan fingerprint density at radius 2 is 2.27 bits per heavy atom. The van der Waals surface area contributed by atoms with Gasteiger partial charge in [-0.3, -0.25) is 0 Å². The first-order valence-corrected chi connectivity index (χ1v) is 5.67. The van der Waals surface area contributed by atoms with Gasteiger partial charge in [0, 0.05) is 12.6 Å². The number of nitrogens with two attached hydrogens (primary N) is 1. The number of hydrogen-bond donors (Lipinski definition) is 1. The molecule has 0 radical (unpaired) electrons. The predicted octanol–water partition coefficient (Wildman–Crippen LogP) is 2.35. The van der Waals surface area contributed by atoms with E-state index in [2.05, 4.69) is 23.7 Å². The zero-order valence-electron chi connectivity index (χ0n) is 9.53. The van der Waals surface area contributed by atoms with Crippen molar-refractivity contribution < 1.29 is 0 Å². The molecule has 0 amide bonds. The third kappa shape index (κ3) is 2.06. The summed E-state index contributed by atoms with van der Waals surface area (Å²) in [7, 11) is 0. The second-order valence-corrected chi connectivity index (χ2v) is 4.45. The maximum absolute atomic E-state index is 5.71. The van der Waals surface area contributed by atoms with Gasteiger partial charge in [-0.1, -0.05) is 0 Å². The van der Waals surface area contributed by atoms with Crippen LogP contribution in [0.2, 0.25) is 0 Å². The van der Waals surface area contributed by atoms with Crippen LogP contribution in [0.15, 0.2) is 12.3 Å². The van der Waals surface area contributed by atoms with Crippen molar-refractivity contribution in [3.8, 4) is 0 Å². The van der Waals surface area contributed by atoms with Crippen LogP contribution in [-0.4, -0.2) is 17.6 Å². The molecule has 0 saturated carbocycles. The molecular weight excluding hydrogens is 186 g/mol. The Morgan fingerprint density at radius 3 is 2.93 bits per heavy atom. The molecule has 2 N–H and O–H groups in total. The minimum absolute atomic E-state index is 0.605. The Labute approximate surface area is 91.3 Å². The number of aryl methyl sites for hydroxylation is 1. The highest BCUT2D eigenvalue weighted by Gasteiger charge is 2.20. The lowest BCUT2D eigenvalue weighted by Crippen LogP contribution is -2.38. The Hall–Kier alpha value is -1.25. The normalized spacial score (nSPS) is 21.7. The van der Waals surface area contributed by atoms with Crippen LogP contribution in [0.1, 0.15) is 31.7 Å². The molecule has 2 rings (SSSR count). The molecule has 0 bridgehead atoms. The molecule has 2 heterocycles. The van der Waals surface area contributed by atoms with Crippen LogP contribution < -0.4 is 10.6 Å². The van der Waals surface area contributed by atoms with Gasteiger partial charge in [-0.2, -0.15) is 0 Å². The lowest BCUT2D eigenvalue weighted by atomic mass is 10.0. The fraction of sp³-hybridized carbons (Fsp3) is 0.583. The highest BCUT2D eigenvalue weighted by atomic mass is 15.2. The molecule has 0 unspecified atom stereocenters. The van der Waals surface area contributed by atoms with Gasteiger partial charge in [-0.15, -0.1) is 0 Å². The van der Waals surface area contributed by atoms with Crippen LogP contribution in [0.25, 0.3) is 0 Å². The van der Waals surface area contributed by atoms with Gasteiger partial charge in [0.15, 0.2) is 0 Å². The van der Waals surface area contributed by atoms with Crippen LogP contribution in [-0.2, 0) is 0 Å². The molecule has 3 nitrogen and oxygen atoms in total. The van der Waals surface area contributed by atoms with Gasteiger partial charge in [0.25, 0.3) is 0 Å². The zero-order valence-corrected chi connectivity index (χ0v) is 9.53. The summed E-state index contributed by atoms with van der Waals surface area (Å²) in [5.74, 6) is 1.11. The third-order valence-corrected chi connectivity index (χ3v) is 3.15. The van der Waals surface area contributed by atoms with Crippen molar-refractivity contribution in [3.63, 3.8) is 0 Å². The fourth-order valence-electron chi connectivity index (χ4n) is 2.30. The molecule has 82 valence electrons. The Kier molecular flexibility index (Phi) is 2.80. The van der Waals surface area contributed by atoms with Gasteiger partial charge >= 0.3 is 0 Å². The summed E-state index contributed by atoms with van der Waals surface area (Å²) >= 11 is 0.